The molecular formula is C26H37N3O4S. The zero-order chi connectivity index (χ0) is 25.1. The monoisotopic (exact) mass is 487 g/mol. The standard InChI is InChI=1S/C26H37N3O4S/c1-5-6-17-27-26(31)22(3)28(20-23-13-8-7-9-14-23)25(30)16-11-18-29(34(4,32)33)24-15-10-12-21(2)19-24/h7-10,12-15,19,22H,5-6,11,16-18,20H2,1-4H3,(H,27,31)/t22-/m0/s1. The number of rotatable bonds is 13. The molecular weight excluding hydrogens is 450 g/mol. The molecule has 2 aromatic carbocycles. The van der Waals surface area contributed by atoms with Crippen molar-refractivity contribution in [2.45, 2.75) is 59.0 Å². The quantitative estimate of drug-likeness (QED) is 0.435. The largest absolute Gasteiger partial charge is 0.354 e. The predicted octanol–water partition coefficient (Wildman–Crippen LogP) is 3.87. The molecule has 0 unspecified atom stereocenters. The van der Waals surface area contributed by atoms with Crippen molar-refractivity contribution in [3.8, 4) is 0 Å². The number of amides is 2. The average Bonchev–Trinajstić information content (AvgIpc) is 2.79. The molecule has 0 aliphatic heterocycles. The Morgan fingerprint density at radius 3 is 2.35 bits per heavy atom. The maximum Gasteiger partial charge on any atom is 0.242 e. The third-order valence-electron chi connectivity index (χ3n) is 5.63. The lowest BCUT2D eigenvalue weighted by atomic mass is 10.1. The van der Waals surface area contributed by atoms with Gasteiger partial charge in [-0.25, -0.2) is 8.42 Å². The van der Waals surface area contributed by atoms with Gasteiger partial charge in [0.05, 0.1) is 11.9 Å². The molecule has 186 valence electrons. The van der Waals surface area contributed by atoms with Crippen LogP contribution in [0.4, 0.5) is 5.69 Å². The van der Waals surface area contributed by atoms with Crippen molar-refractivity contribution in [3.63, 3.8) is 0 Å². The van der Waals surface area contributed by atoms with Crippen LogP contribution in [0.1, 0.15) is 50.7 Å². The van der Waals surface area contributed by atoms with Gasteiger partial charge in [-0.15, -0.1) is 0 Å². The second-order valence-corrected chi connectivity index (χ2v) is 10.5. The summed E-state index contributed by atoms with van der Waals surface area (Å²) in [7, 11) is -3.50. The Kier molecular flexibility index (Phi) is 10.6. The van der Waals surface area contributed by atoms with E-state index in [9.17, 15) is 18.0 Å². The highest BCUT2D eigenvalue weighted by Gasteiger charge is 2.26. The molecule has 0 saturated carbocycles. The summed E-state index contributed by atoms with van der Waals surface area (Å²) >= 11 is 0. The van der Waals surface area contributed by atoms with Crippen LogP contribution >= 0.6 is 0 Å². The van der Waals surface area contributed by atoms with Gasteiger partial charge in [0.2, 0.25) is 21.8 Å². The summed E-state index contributed by atoms with van der Waals surface area (Å²) in [6, 6.07) is 16.2. The lowest BCUT2D eigenvalue weighted by Crippen LogP contribution is -2.47. The van der Waals surface area contributed by atoms with Crippen molar-refractivity contribution in [2.75, 3.05) is 23.7 Å². The number of nitrogens with zero attached hydrogens (tertiary/aromatic N) is 2. The zero-order valence-electron chi connectivity index (χ0n) is 20.7. The number of anilines is 1. The van der Waals surface area contributed by atoms with Gasteiger partial charge in [0.15, 0.2) is 0 Å². The minimum atomic E-state index is -3.50. The van der Waals surface area contributed by atoms with Gasteiger partial charge >= 0.3 is 0 Å². The maximum atomic E-state index is 13.2. The molecule has 1 N–H and O–H groups in total. The molecule has 0 aromatic heterocycles. The smallest absolute Gasteiger partial charge is 0.242 e. The lowest BCUT2D eigenvalue weighted by Gasteiger charge is -2.29. The van der Waals surface area contributed by atoms with E-state index in [4.69, 9.17) is 0 Å². The molecule has 7 nitrogen and oxygen atoms in total. The molecule has 0 aliphatic carbocycles. The SMILES string of the molecule is CCCCNC(=O)[C@H](C)N(Cc1ccccc1)C(=O)CCCN(c1cccc(C)c1)S(C)(=O)=O. The Hall–Kier alpha value is -2.87. The van der Waals surface area contributed by atoms with Gasteiger partial charge in [0, 0.05) is 26.1 Å². The number of nitrogens with one attached hydrogen (secondary N) is 1. The summed E-state index contributed by atoms with van der Waals surface area (Å²) in [5, 5.41) is 2.91. The lowest BCUT2D eigenvalue weighted by molar-refractivity contribution is -0.140. The van der Waals surface area contributed by atoms with Crippen LogP contribution in [0.5, 0.6) is 0 Å². The molecule has 0 fully saturated rings. The second kappa shape index (κ2) is 13.1. The highest BCUT2D eigenvalue weighted by atomic mass is 32.2. The Morgan fingerprint density at radius 1 is 1.03 bits per heavy atom. The van der Waals surface area contributed by atoms with Crippen LogP contribution in [0.25, 0.3) is 0 Å². The summed E-state index contributed by atoms with van der Waals surface area (Å²) < 4.78 is 26.1. The van der Waals surface area contributed by atoms with Crippen molar-refractivity contribution in [2.24, 2.45) is 0 Å². The van der Waals surface area contributed by atoms with E-state index in [1.165, 1.54) is 10.6 Å². The third-order valence-corrected chi connectivity index (χ3v) is 6.83. The maximum absolute atomic E-state index is 13.2. The number of aryl methyl sites for hydroxylation is 1. The number of carbonyl (C=O) groups excluding carboxylic acids is 2. The van der Waals surface area contributed by atoms with Gasteiger partial charge in [-0.2, -0.15) is 0 Å². The summed E-state index contributed by atoms with van der Waals surface area (Å²) in [6.45, 7) is 6.77. The fourth-order valence-electron chi connectivity index (χ4n) is 3.69. The van der Waals surface area contributed by atoms with E-state index in [0.29, 0.717) is 25.2 Å². The van der Waals surface area contributed by atoms with Gasteiger partial charge in [0.1, 0.15) is 6.04 Å². The Morgan fingerprint density at radius 2 is 1.74 bits per heavy atom. The fraction of sp³-hybridized carbons (Fsp3) is 0.462. The summed E-state index contributed by atoms with van der Waals surface area (Å²) in [5.74, 6) is -0.366. The Bertz CT molecular complexity index is 1040. The van der Waals surface area contributed by atoms with Crippen molar-refractivity contribution < 1.29 is 18.0 Å². The molecule has 34 heavy (non-hydrogen) atoms. The van der Waals surface area contributed by atoms with E-state index in [1.54, 1.807) is 17.9 Å². The van der Waals surface area contributed by atoms with Gasteiger partial charge < -0.3 is 10.2 Å². The first-order chi connectivity index (χ1) is 16.1. The van der Waals surface area contributed by atoms with E-state index in [0.717, 1.165) is 24.0 Å². The summed E-state index contributed by atoms with van der Waals surface area (Å²) in [4.78, 5) is 27.5. The molecule has 0 radical (unpaired) electrons. The van der Waals surface area contributed by atoms with Gasteiger partial charge in [-0.05, 0) is 49.9 Å². The normalized spacial score (nSPS) is 12.1. The molecule has 0 bridgehead atoms. The fourth-order valence-corrected chi connectivity index (χ4v) is 4.64. The van der Waals surface area contributed by atoms with Crippen LogP contribution in [0.15, 0.2) is 54.6 Å². The minimum Gasteiger partial charge on any atom is -0.354 e. The highest BCUT2D eigenvalue weighted by molar-refractivity contribution is 7.92. The van der Waals surface area contributed by atoms with Gasteiger partial charge in [-0.1, -0.05) is 55.8 Å². The van der Waals surface area contributed by atoms with Gasteiger partial charge in [-0.3, -0.25) is 13.9 Å². The van der Waals surface area contributed by atoms with E-state index in [1.807, 2.05) is 55.5 Å². The molecule has 0 saturated heterocycles. The van der Waals surface area contributed by atoms with Crippen molar-refractivity contribution in [3.05, 3.63) is 65.7 Å². The number of hydrogen-bond donors (Lipinski definition) is 1. The topological polar surface area (TPSA) is 86.8 Å². The minimum absolute atomic E-state index is 0.136. The summed E-state index contributed by atoms with van der Waals surface area (Å²) in [5.41, 5.74) is 2.47. The van der Waals surface area contributed by atoms with Crippen molar-refractivity contribution in [1.29, 1.82) is 0 Å². The van der Waals surface area contributed by atoms with E-state index >= 15 is 0 Å². The number of sulfonamides is 1. The van der Waals surface area contributed by atoms with E-state index in [-0.39, 0.29) is 24.8 Å². The molecule has 0 aliphatic rings. The molecule has 8 heteroatoms. The second-order valence-electron chi connectivity index (χ2n) is 8.61. The van der Waals surface area contributed by atoms with Gasteiger partial charge in [0.25, 0.3) is 0 Å². The van der Waals surface area contributed by atoms with Crippen molar-refractivity contribution >= 4 is 27.5 Å². The van der Waals surface area contributed by atoms with Crippen LogP contribution in [-0.4, -0.2) is 50.5 Å². The van der Waals surface area contributed by atoms with Crippen LogP contribution in [0.2, 0.25) is 0 Å². The zero-order valence-corrected chi connectivity index (χ0v) is 21.5. The number of hydrogen-bond acceptors (Lipinski definition) is 4. The van der Waals surface area contributed by atoms with E-state index < -0.39 is 16.1 Å². The van der Waals surface area contributed by atoms with Crippen LogP contribution in [0.3, 0.4) is 0 Å². The molecule has 0 spiro atoms. The van der Waals surface area contributed by atoms with Crippen LogP contribution in [0, 0.1) is 6.92 Å². The number of carbonyl (C=O) groups is 2. The Labute approximate surface area is 204 Å². The number of unbranched alkanes of at least 4 members (excludes halogenated alkanes) is 1. The number of benzene rings is 2. The van der Waals surface area contributed by atoms with Crippen LogP contribution in [-0.2, 0) is 26.2 Å². The highest BCUT2D eigenvalue weighted by Crippen LogP contribution is 2.20. The summed E-state index contributed by atoms with van der Waals surface area (Å²) in [6.07, 6.45) is 3.50. The first-order valence-electron chi connectivity index (χ1n) is 11.8. The predicted molar refractivity (Wildman–Crippen MR) is 137 cm³/mol. The van der Waals surface area contributed by atoms with Crippen molar-refractivity contribution in [1.82, 2.24) is 10.2 Å². The molecule has 2 aromatic rings. The Balaban J connectivity index is 2.11. The molecule has 2 rings (SSSR count). The van der Waals surface area contributed by atoms with E-state index in [2.05, 4.69) is 12.2 Å². The average molecular weight is 488 g/mol. The molecule has 2 amide bonds. The molecule has 0 heterocycles. The van der Waals surface area contributed by atoms with Crippen LogP contribution < -0.4 is 9.62 Å². The first kappa shape index (κ1) is 27.4. The molecule has 1 atom stereocenters. The first-order valence-corrected chi connectivity index (χ1v) is 13.6. The third kappa shape index (κ3) is 8.48.